The average Bonchev–Trinajstić information content (AvgIpc) is 2.99. The highest BCUT2D eigenvalue weighted by atomic mass is 79.9. The van der Waals surface area contributed by atoms with E-state index in [0.29, 0.717) is 17.8 Å². The molecule has 0 bridgehead atoms. The molecule has 0 saturated carbocycles. The summed E-state index contributed by atoms with van der Waals surface area (Å²) >= 11 is 9.20. The zero-order chi connectivity index (χ0) is 20.6. The van der Waals surface area contributed by atoms with E-state index in [1.165, 1.54) is 0 Å². The van der Waals surface area contributed by atoms with Crippen LogP contribution in [0.3, 0.4) is 0 Å². The van der Waals surface area contributed by atoms with E-state index in [0.717, 1.165) is 32.9 Å². The highest BCUT2D eigenvalue weighted by Gasteiger charge is 2.35. The third-order valence-corrected chi connectivity index (χ3v) is 5.16. The van der Waals surface area contributed by atoms with Gasteiger partial charge in [0.15, 0.2) is 0 Å². The zero-order valence-corrected chi connectivity index (χ0v) is 18.9. The second-order valence-electron chi connectivity index (χ2n) is 5.40. The number of benzene rings is 2. The summed E-state index contributed by atoms with van der Waals surface area (Å²) in [5.74, 6) is -0.326. The molecule has 0 aromatic heterocycles. The van der Waals surface area contributed by atoms with Gasteiger partial charge in [0.2, 0.25) is 12.3 Å². The maximum atomic E-state index is 12.4. The predicted molar refractivity (Wildman–Crippen MR) is 121 cm³/mol. The van der Waals surface area contributed by atoms with Gasteiger partial charge in [-0.3, -0.25) is 14.9 Å². The molecule has 0 fully saturated rings. The number of carbonyl (C=O) groups is 2. The zero-order valence-electron chi connectivity index (χ0n) is 16.5. The fourth-order valence-electron chi connectivity index (χ4n) is 3.08. The lowest BCUT2D eigenvalue weighted by Gasteiger charge is -2.28. The third kappa shape index (κ3) is 4.55. The van der Waals surface area contributed by atoms with Gasteiger partial charge in [-0.1, -0.05) is 87.4 Å². The summed E-state index contributed by atoms with van der Waals surface area (Å²) in [6, 6.07) is 9.40. The normalized spacial score (nSPS) is 12.5. The molecule has 146 valence electrons. The predicted octanol–water partition coefficient (Wildman–Crippen LogP) is 5.59. The lowest BCUT2D eigenvalue weighted by atomic mass is 10.1. The molecule has 0 spiro atoms. The van der Waals surface area contributed by atoms with E-state index in [1.54, 1.807) is 0 Å². The maximum Gasteiger partial charge on any atom is 0.249 e. The lowest BCUT2D eigenvalue weighted by Crippen LogP contribution is -2.48. The van der Waals surface area contributed by atoms with Crippen LogP contribution in [0.25, 0.3) is 10.8 Å². The molecule has 1 unspecified atom stereocenters. The van der Waals surface area contributed by atoms with E-state index in [9.17, 15) is 9.59 Å². The largest absolute Gasteiger partial charge is 0.319 e. The number of amides is 2. The van der Waals surface area contributed by atoms with Crippen LogP contribution >= 0.6 is 28.1 Å². The van der Waals surface area contributed by atoms with Crippen LogP contribution in [0.5, 0.6) is 0 Å². The summed E-state index contributed by atoms with van der Waals surface area (Å²) in [5.41, 5.74) is 1.87. The minimum atomic E-state index is -0.491. The van der Waals surface area contributed by atoms with Crippen molar-refractivity contribution < 1.29 is 9.59 Å². The van der Waals surface area contributed by atoms with Crippen molar-refractivity contribution in [3.05, 3.63) is 40.4 Å². The van der Waals surface area contributed by atoms with E-state index in [4.69, 9.17) is 12.2 Å². The van der Waals surface area contributed by atoms with Crippen LogP contribution in [0.1, 0.15) is 53.0 Å². The summed E-state index contributed by atoms with van der Waals surface area (Å²) in [5, 5.41) is 4.38. The molecule has 3 rings (SSSR count). The molecule has 2 amide bonds. The number of imide groups is 1. The fraction of sp³-hybridized carbons (Fsp3) is 0.381. The summed E-state index contributed by atoms with van der Waals surface area (Å²) in [6.45, 7) is 10.0. The minimum Gasteiger partial charge on any atom is -0.319 e. The average molecular weight is 451 g/mol. The van der Waals surface area contributed by atoms with Gasteiger partial charge in [-0.2, -0.15) is 0 Å². The molecule has 1 heterocycles. The van der Waals surface area contributed by atoms with Crippen LogP contribution in [-0.2, 0) is 9.59 Å². The molecule has 2 aromatic carbocycles. The van der Waals surface area contributed by atoms with Gasteiger partial charge in [-0.05, 0) is 23.9 Å². The molecular formula is C21H27BrN2O2S. The molecule has 4 nitrogen and oxygen atoms in total. The van der Waals surface area contributed by atoms with Gasteiger partial charge in [0, 0.05) is 15.4 Å². The number of hydrogen-bond donors (Lipinski definition) is 1. The van der Waals surface area contributed by atoms with E-state index in [-0.39, 0.29) is 5.91 Å². The lowest BCUT2D eigenvalue weighted by molar-refractivity contribution is -0.126. The molecule has 1 atom stereocenters. The van der Waals surface area contributed by atoms with Gasteiger partial charge in [-0.25, -0.2) is 0 Å². The molecule has 1 aliphatic rings. The van der Waals surface area contributed by atoms with Gasteiger partial charge in [-0.15, -0.1) is 0 Å². The van der Waals surface area contributed by atoms with Crippen molar-refractivity contribution >= 4 is 61.9 Å². The molecule has 1 N–H and O–H groups in total. The van der Waals surface area contributed by atoms with Gasteiger partial charge in [0.1, 0.15) is 11.0 Å². The molecule has 1 aliphatic heterocycles. The topological polar surface area (TPSA) is 49.4 Å². The Morgan fingerprint density at radius 3 is 2.48 bits per heavy atom. The van der Waals surface area contributed by atoms with Crippen molar-refractivity contribution in [2.45, 2.75) is 53.5 Å². The third-order valence-electron chi connectivity index (χ3n) is 4.05. The number of nitrogens with one attached hydrogen (secondary N) is 1. The van der Waals surface area contributed by atoms with E-state index in [2.05, 4.69) is 21.2 Å². The first kappa shape index (κ1) is 23.2. The maximum absolute atomic E-state index is 12.4. The summed E-state index contributed by atoms with van der Waals surface area (Å²) < 4.78 is 0.993. The first-order valence-electron chi connectivity index (χ1n) is 9.39. The van der Waals surface area contributed by atoms with Crippen LogP contribution in [0.4, 0.5) is 5.69 Å². The number of nitrogens with zero attached hydrogens (tertiary/aromatic N) is 1. The van der Waals surface area contributed by atoms with Crippen LogP contribution < -0.4 is 10.2 Å². The Kier molecular flexibility index (Phi) is 9.60. The Morgan fingerprint density at radius 2 is 1.89 bits per heavy atom. The second-order valence-corrected chi connectivity index (χ2v) is 6.64. The van der Waals surface area contributed by atoms with Gasteiger partial charge in [0.05, 0.1) is 5.69 Å². The summed E-state index contributed by atoms with van der Waals surface area (Å²) in [6.07, 6.45) is 1.85. The highest BCUT2D eigenvalue weighted by molar-refractivity contribution is 9.10. The van der Waals surface area contributed by atoms with Crippen molar-refractivity contribution in [3.8, 4) is 0 Å². The first-order valence-corrected chi connectivity index (χ1v) is 10.6. The molecule has 6 heteroatoms. The number of rotatable bonds is 5. The van der Waals surface area contributed by atoms with Crippen molar-refractivity contribution in [1.29, 1.82) is 0 Å². The van der Waals surface area contributed by atoms with Crippen LogP contribution in [0, 0.1) is 0 Å². The first-order chi connectivity index (χ1) is 13.1. The smallest absolute Gasteiger partial charge is 0.249 e. The van der Waals surface area contributed by atoms with Gasteiger partial charge < -0.3 is 4.90 Å². The molecule has 0 saturated heterocycles. The molecule has 0 aliphatic carbocycles. The number of halogens is 1. The summed E-state index contributed by atoms with van der Waals surface area (Å²) in [4.78, 5) is 25.5. The van der Waals surface area contributed by atoms with E-state index >= 15 is 0 Å². The van der Waals surface area contributed by atoms with Crippen molar-refractivity contribution in [2.75, 3.05) is 4.90 Å². The highest BCUT2D eigenvalue weighted by Crippen LogP contribution is 2.42. The van der Waals surface area contributed by atoms with Crippen LogP contribution in [0.2, 0.25) is 0 Å². The van der Waals surface area contributed by atoms with Gasteiger partial charge >= 0.3 is 0 Å². The summed E-state index contributed by atoms with van der Waals surface area (Å²) in [7, 11) is 0. The molecule has 0 radical (unpaired) electrons. The number of carbonyl (C=O) groups excluding carboxylic acids is 2. The fourth-order valence-corrected chi connectivity index (χ4v) is 3.94. The number of hydrogen-bond acceptors (Lipinski definition) is 3. The SMILES string of the molecule is CC.CC.CCCC(C(=O)NC=O)N1C(=S)c2ccc(Br)c3cccc1c23. The minimum absolute atomic E-state index is 0.326. The molecule has 2 aromatic rings. The number of thiocarbonyl (C=S) groups is 1. The van der Waals surface area contributed by atoms with Gasteiger partial charge in [0.25, 0.3) is 0 Å². The molecular weight excluding hydrogens is 424 g/mol. The quantitative estimate of drug-likeness (QED) is 0.476. The second kappa shape index (κ2) is 11.1. The van der Waals surface area contributed by atoms with E-state index in [1.807, 2.05) is 69.9 Å². The van der Waals surface area contributed by atoms with Crippen molar-refractivity contribution in [2.24, 2.45) is 0 Å². The Bertz CT molecular complexity index is 823. The van der Waals surface area contributed by atoms with Crippen LogP contribution in [0.15, 0.2) is 34.8 Å². The van der Waals surface area contributed by atoms with E-state index < -0.39 is 6.04 Å². The Balaban J connectivity index is 0.000000855. The standard InChI is InChI=1S/C17H15BrN2O2S.2C2H6/c1-2-4-14(16(22)19-9-21)20-13-6-3-5-10-12(18)8-7-11(15(10)13)17(20)23;2*1-2/h3,5-9,14H,2,4H2,1H3,(H,19,21,22);2*1-2H3. The Morgan fingerprint density at radius 1 is 1.22 bits per heavy atom. The number of anilines is 1. The van der Waals surface area contributed by atoms with Crippen molar-refractivity contribution in [3.63, 3.8) is 0 Å². The molecule has 27 heavy (non-hydrogen) atoms. The monoisotopic (exact) mass is 450 g/mol. The Labute approximate surface area is 175 Å². The Hall–Kier alpha value is -1.79. The van der Waals surface area contributed by atoms with Crippen LogP contribution in [-0.4, -0.2) is 23.3 Å². The van der Waals surface area contributed by atoms with Crippen molar-refractivity contribution in [1.82, 2.24) is 5.32 Å².